The van der Waals surface area contributed by atoms with Gasteiger partial charge in [-0.3, -0.25) is 4.79 Å². The van der Waals surface area contributed by atoms with Gasteiger partial charge in [0.05, 0.1) is 18.6 Å². The molecule has 1 heterocycles. The molecular weight excluding hydrogens is 266 g/mol. The number of carbonyl (C=O) groups excluding carboxylic acids is 1. The quantitative estimate of drug-likeness (QED) is 0.822. The minimum atomic E-state index is -3.01. The minimum Gasteiger partial charge on any atom is -0.497 e. The van der Waals surface area contributed by atoms with Gasteiger partial charge < -0.3 is 10.1 Å². The molecule has 1 atom stereocenters. The van der Waals surface area contributed by atoms with Crippen LogP contribution in [0.3, 0.4) is 0 Å². The van der Waals surface area contributed by atoms with E-state index in [0.29, 0.717) is 17.9 Å². The van der Waals surface area contributed by atoms with E-state index in [-0.39, 0.29) is 29.8 Å². The number of Topliss-reactive ketones (excluding diaryl/α,β-unsaturated/α-hetero) is 1. The summed E-state index contributed by atoms with van der Waals surface area (Å²) < 4.78 is 28.1. The van der Waals surface area contributed by atoms with Gasteiger partial charge in [-0.1, -0.05) is 12.1 Å². The summed E-state index contributed by atoms with van der Waals surface area (Å²) >= 11 is 0. The molecule has 1 aromatic rings. The van der Waals surface area contributed by atoms with Gasteiger partial charge in [0.1, 0.15) is 5.75 Å². The number of ketones is 1. The van der Waals surface area contributed by atoms with Crippen LogP contribution in [0.1, 0.15) is 16.8 Å². The van der Waals surface area contributed by atoms with Crippen molar-refractivity contribution in [1.29, 1.82) is 0 Å². The first kappa shape index (κ1) is 14.0. The topological polar surface area (TPSA) is 72.5 Å². The van der Waals surface area contributed by atoms with Crippen LogP contribution in [-0.4, -0.2) is 45.4 Å². The van der Waals surface area contributed by atoms with E-state index in [1.165, 1.54) is 0 Å². The van der Waals surface area contributed by atoms with E-state index in [9.17, 15) is 13.2 Å². The largest absolute Gasteiger partial charge is 0.497 e. The zero-order valence-electron chi connectivity index (χ0n) is 10.8. The average Bonchev–Trinajstić information content (AvgIpc) is 2.37. The van der Waals surface area contributed by atoms with E-state index in [1.54, 1.807) is 31.4 Å². The third-order valence-electron chi connectivity index (χ3n) is 3.12. The molecule has 0 aliphatic carbocycles. The van der Waals surface area contributed by atoms with Gasteiger partial charge in [0.15, 0.2) is 15.6 Å². The van der Waals surface area contributed by atoms with Gasteiger partial charge in [0.25, 0.3) is 0 Å². The van der Waals surface area contributed by atoms with Crippen LogP contribution in [0, 0.1) is 0 Å². The molecule has 5 nitrogen and oxygen atoms in total. The number of hydrogen-bond donors (Lipinski definition) is 1. The maximum atomic E-state index is 12.1. The normalized spacial score (nSPS) is 21.8. The highest BCUT2D eigenvalue weighted by atomic mass is 32.2. The summed E-state index contributed by atoms with van der Waals surface area (Å²) in [6.07, 6.45) is 0.187. The Morgan fingerprint density at radius 1 is 1.47 bits per heavy atom. The predicted octanol–water partition coefficient (Wildman–Crippen LogP) is 0.655. The molecule has 19 heavy (non-hydrogen) atoms. The number of sulfone groups is 1. The molecule has 0 amide bonds. The fourth-order valence-electron chi connectivity index (χ4n) is 2.14. The van der Waals surface area contributed by atoms with Gasteiger partial charge in [-0.25, -0.2) is 8.42 Å². The van der Waals surface area contributed by atoms with Crippen LogP contribution in [0.2, 0.25) is 0 Å². The van der Waals surface area contributed by atoms with E-state index in [4.69, 9.17) is 4.74 Å². The molecule has 1 aliphatic rings. The maximum Gasteiger partial charge on any atom is 0.164 e. The monoisotopic (exact) mass is 283 g/mol. The van der Waals surface area contributed by atoms with Crippen molar-refractivity contribution in [2.45, 2.75) is 12.5 Å². The molecule has 0 bridgehead atoms. The Labute approximate surface area is 112 Å². The van der Waals surface area contributed by atoms with Crippen LogP contribution in [0.5, 0.6) is 5.75 Å². The number of hydrogen-bond acceptors (Lipinski definition) is 5. The highest BCUT2D eigenvalue weighted by Crippen LogP contribution is 2.16. The minimum absolute atomic E-state index is 0.0305. The molecule has 1 fully saturated rings. The molecule has 2 rings (SSSR count). The van der Waals surface area contributed by atoms with Crippen LogP contribution >= 0.6 is 0 Å². The maximum absolute atomic E-state index is 12.1. The van der Waals surface area contributed by atoms with E-state index in [2.05, 4.69) is 5.32 Å². The van der Waals surface area contributed by atoms with Crippen molar-refractivity contribution in [3.8, 4) is 5.75 Å². The van der Waals surface area contributed by atoms with Crippen molar-refractivity contribution in [1.82, 2.24) is 5.32 Å². The third-order valence-corrected chi connectivity index (χ3v) is 4.86. The summed E-state index contributed by atoms with van der Waals surface area (Å²) in [5, 5.41) is 3.07. The molecule has 0 aromatic heterocycles. The molecule has 6 heteroatoms. The molecule has 104 valence electrons. The Kier molecular flexibility index (Phi) is 4.21. The molecule has 1 saturated heterocycles. The van der Waals surface area contributed by atoms with E-state index < -0.39 is 9.84 Å². The van der Waals surface area contributed by atoms with Gasteiger partial charge in [0, 0.05) is 24.6 Å². The highest BCUT2D eigenvalue weighted by Gasteiger charge is 2.26. The first-order chi connectivity index (χ1) is 9.00. The van der Waals surface area contributed by atoms with E-state index >= 15 is 0 Å². The summed E-state index contributed by atoms with van der Waals surface area (Å²) in [5.41, 5.74) is 0.545. The second-order valence-corrected chi connectivity index (χ2v) is 6.85. The molecular formula is C13H17NO4S. The van der Waals surface area contributed by atoms with Crippen LogP contribution in [0.15, 0.2) is 24.3 Å². The second-order valence-electron chi connectivity index (χ2n) is 4.62. The average molecular weight is 283 g/mol. The van der Waals surface area contributed by atoms with Crippen LogP contribution in [0.25, 0.3) is 0 Å². The number of rotatable bonds is 4. The smallest absolute Gasteiger partial charge is 0.164 e. The molecule has 0 saturated carbocycles. The predicted molar refractivity (Wildman–Crippen MR) is 72.4 cm³/mol. The van der Waals surface area contributed by atoms with Crippen molar-refractivity contribution in [2.24, 2.45) is 0 Å². The lowest BCUT2D eigenvalue weighted by molar-refractivity contribution is 0.0971. The van der Waals surface area contributed by atoms with E-state index in [1.807, 2.05) is 0 Å². The summed E-state index contributed by atoms with van der Waals surface area (Å²) in [5.74, 6) is 0.725. The van der Waals surface area contributed by atoms with Gasteiger partial charge >= 0.3 is 0 Å². The number of methoxy groups -OCH3 is 1. The highest BCUT2D eigenvalue weighted by molar-refractivity contribution is 7.91. The van der Waals surface area contributed by atoms with E-state index in [0.717, 1.165) is 0 Å². The van der Waals surface area contributed by atoms with Crippen molar-refractivity contribution >= 4 is 15.6 Å². The Morgan fingerprint density at radius 3 is 2.95 bits per heavy atom. The Morgan fingerprint density at radius 2 is 2.26 bits per heavy atom. The number of benzene rings is 1. The molecule has 0 spiro atoms. The molecule has 1 aromatic carbocycles. The van der Waals surface area contributed by atoms with Crippen molar-refractivity contribution in [3.05, 3.63) is 29.8 Å². The van der Waals surface area contributed by atoms with Gasteiger partial charge in [0.2, 0.25) is 0 Å². The molecule has 0 radical (unpaired) electrons. The van der Waals surface area contributed by atoms with Gasteiger partial charge in [-0.05, 0) is 12.1 Å². The lowest BCUT2D eigenvalue weighted by Crippen LogP contribution is -2.45. The summed E-state index contributed by atoms with van der Waals surface area (Å²) in [6, 6.07) is 6.59. The van der Waals surface area contributed by atoms with Crippen molar-refractivity contribution < 1.29 is 17.9 Å². The van der Waals surface area contributed by atoms with Crippen LogP contribution < -0.4 is 10.1 Å². The first-order valence-electron chi connectivity index (χ1n) is 6.11. The molecule has 1 aliphatic heterocycles. The fraction of sp³-hybridized carbons (Fsp3) is 0.462. The number of nitrogens with one attached hydrogen (secondary N) is 1. The third kappa shape index (κ3) is 3.78. The lowest BCUT2D eigenvalue weighted by atomic mass is 10.0. The molecule has 1 N–H and O–H groups in total. The Bertz CT molecular complexity index is 568. The second kappa shape index (κ2) is 5.71. The van der Waals surface area contributed by atoms with Crippen LogP contribution in [-0.2, 0) is 9.84 Å². The summed E-state index contributed by atoms with van der Waals surface area (Å²) in [6.45, 7) is 0.415. The first-order valence-corrected chi connectivity index (χ1v) is 7.93. The zero-order valence-corrected chi connectivity index (χ0v) is 11.6. The lowest BCUT2D eigenvalue weighted by Gasteiger charge is -2.23. The van der Waals surface area contributed by atoms with Gasteiger partial charge in [-0.2, -0.15) is 0 Å². The van der Waals surface area contributed by atoms with Crippen molar-refractivity contribution in [2.75, 3.05) is 25.2 Å². The Hall–Kier alpha value is -1.40. The summed E-state index contributed by atoms with van der Waals surface area (Å²) in [4.78, 5) is 12.1. The molecule has 1 unspecified atom stereocenters. The number of carbonyl (C=O) groups is 1. The van der Waals surface area contributed by atoms with Crippen LogP contribution in [0.4, 0.5) is 0 Å². The number of ether oxygens (including phenoxy) is 1. The SMILES string of the molecule is COc1cccc(C(=O)CC2CS(=O)(=O)CCN2)c1. The Balaban J connectivity index is 2.04. The standard InChI is InChI=1S/C13H17NO4S/c1-18-12-4-2-3-10(7-12)13(15)8-11-9-19(16,17)6-5-14-11/h2-4,7,11,14H,5-6,8-9H2,1H3. The van der Waals surface area contributed by atoms with Crippen molar-refractivity contribution in [3.63, 3.8) is 0 Å². The van der Waals surface area contributed by atoms with Gasteiger partial charge in [-0.15, -0.1) is 0 Å². The zero-order chi connectivity index (χ0) is 13.9. The summed E-state index contributed by atoms with van der Waals surface area (Å²) in [7, 11) is -1.47. The fourth-order valence-corrected chi connectivity index (χ4v) is 3.58.